The third-order valence-corrected chi connectivity index (χ3v) is 1.48. The van der Waals surface area contributed by atoms with Gasteiger partial charge < -0.3 is 15.3 Å². The Bertz CT molecular complexity index is 325. The molecule has 1 aromatic carbocycles. The van der Waals surface area contributed by atoms with Crippen LogP contribution in [0.1, 0.15) is 10.4 Å². The molecule has 0 saturated heterocycles. The van der Waals surface area contributed by atoms with E-state index in [0.29, 0.717) is 0 Å². The van der Waals surface area contributed by atoms with E-state index < -0.39 is 35.3 Å². The van der Waals surface area contributed by atoms with Gasteiger partial charge >= 0.3 is 0 Å². The summed E-state index contributed by atoms with van der Waals surface area (Å²) in [6, 6.07) is 1.70. The van der Waals surface area contributed by atoms with E-state index in [1.165, 1.54) is 0 Å². The molecule has 0 unspecified atom stereocenters. The van der Waals surface area contributed by atoms with E-state index in [1.54, 1.807) is 0 Å². The first kappa shape index (κ1) is 9.31. The molecule has 3 N–H and O–H groups in total. The number of halogens is 1. The SMILES string of the molecule is O=C(CF)c1c(O)cc(O)cc1O. The number of benzene rings is 1. The molecule has 0 aliphatic carbocycles. The van der Waals surface area contributed by atoms with Gasteiger partial charge in [-0.25, -0.2) is 4.39 Å². The monoisotopic (exact) mass is 186 g/mol. The van der Waals surface area contributed by atoms with Crippen LogP contribution in [0.2, 0.25) is 0 Å². The molecule has 0 spiro atoms. The van der Waals surface area contributed by atoms with Gasteiger partial charge in [0.1, 0.15) is 22.8 Å². The van der Waals surface area contributed by atoms with Gasteiger partial charge in [-0.2, -0.15) is 0 Å². The van der Waals surface area contributed by atoms with Gasteiger partial charge in [-0.1, -0.05) is 0 Å². The van der Waals surface area contributed by atoms with Crippen molar-refractivity contribution in [2.75, 3.05) is 6.67 Å². The molecule has 4 nitrogen and oxygen atoms in total. The number of ketones is 1. The highest BCUT2D eigenvalue weighted by molar-refractivity contribution is 6.02. The van der Waals surface area contributed by atoms with Crippen molar-refractivity contribution in [1.29, 1.82) is 0 Å². The summed E-state index contributed by atoms with van der Waals surface area (Å²) in [5, 5.41) is 27.0. The summed E-state index contributed by atoms with van der Waals surface area (Å²) in [6.45, 7) is -1.31. The molecule has 0 radical (unpaired) electrons. The zero-order valence-corrected chi connectivity index (χ0v) is 6.49. The quantitative estimate of drug-likeness (QED) is 0.601. The molecule has 0 aromatic heterocycles. The molecule has 0 saturated carbocycles. The molecular formula is C8H7FO4. The number of Topliss-reactive ketones (excluding diaryl/α,β-unsaturated/α-hetero) is 1. The smallest absolute Gasteiger partial charge is 0.201 e. The van der Waals surface area contributed by atoms with Gasteiger partial charge in [0.15, 0.2) is 6.67 Å². The van der Waals surface area contributed by atoms with Crippen molar-refractivity contribution in [3.63, 3.8) is 0 Å². The zero-order chi connectivity index (χ0) is 10.0. The van der Waals surface area contributed by atoms with Gasteiger partial charge in [0.2, 0.25) is 5.78 Å². The molecule has 13 heavy (non-hydrogen) atoms. The van der Waals surface area contributed by atoms with Crippen molar-refractivity contribution in [1.82, 2.24) is 0 Å². The van der Waals surface area contributed by atoms with Crippen LogP contribution in [-0.4, -0.2) is 27.8 Å². The lowest BCUT2D eigenvalue weighted by atomic mass is 10.1. The van der Waals surface area contributed by atoms with Crippen molar-refractivity contribution < 1.29 is 24.5 Å². The number of hydrogen-bond donors (Lipinski definition) is 3. The number of carbonyl (C=O) groups is 1. The minimum absolute atomic E-state index is 0.398. The maximum Gasteiger partial charge on any atom is 0.201 e. The summed E-state index contributed by atoms with van der Waals surface area (Å²) >= 11 is 0. The van der Waals surface area contributed by atoms with Gasteiger partial charge in [0.25, 0.3) is 0 Å². The summed E-state index contributed by atoms with van der Waals surface area (Å²) in [6.07, 6.45) is 0. The molecule has 5 heteroatoms. The van der Waals surface area contributed by atoms with Crippen LogP contribution in [0, 0.1) is 0 Å². The highest BCUT2D eigenvalue weighted by atomic mass is 19.1. The number of phenolic OH excluding ortho intramolecular Hbond substituents is 3. The first-order valence-corrected chi connectivity index (χ1v) is 3.40. The van der Waals surface area contributed by atoms with Crippen molar-refractivity contribution in [3.05, 3.63) is 17.7 Å². The molecule has 1 aromatic rings. The number of hydrogen-bond acceptors (Lipinski definition) is 4. The molecule has 0 amide bonds. The van der Waals surface area contributed by atoms with Crippen molar-refractivity contribution >= 4 is 5.78 Å². The van der Waals surface area contributed by atoms with Crippen LogP contribution >= 0.6 is 0 Å². The van der Waals surface area contributed by atoms with E-state index in [0.717, 1.165) is 12.1 Å². The predicted molar refractivity (Wildman–Crippen MR) is 41.7 cm³/mol. The Morgan fingerprint density at radius 2 is 1.69 bits per heavy atom. The number of alkyl halides is 1. The average molecular weight is 186 g/mol. The van der Waals surface area contributed by atoms with E-state index in [4.69, 9.17) is 15.3 Å². The van der Waals surface area contributed by atoms with Crippen LogP contribution in [0.3, 0.4) is 0 Å². The van der Waals surface area contributed by atoms with Crippen LogP contribution in [0.4, 0.5) is 4.39 Å². The Hall–Kier alpha value is -1.78. The van der Waals surface area contributed by atoms with E-state index in [2.05, 4.69) is 0 Å². The maximum absolute atomic E-state index is 11.9. The van der Waals surface area contributed by atoms with Crippen molar-refractivity contribution in [2.45, 2.75) is 0 Å². The Morgan fingerprint density at radius 1 is 1.23 bits per heavy atom. The molecule has 0 heterocycles. The van der Waals surface area contributed by atoms with Gasteiger partial charge in [-0.3, -0.25) is 4.79 Å². The zero-order valence-electron chi connectivity index (χ0n) is 6.49. The van der Waals surface area contributed by atoms with Crippen LogP contribution in [0.5, 0.6) is 17.2 Å². The second-order valence-corrected chi connectivity index (χ2v) is 2.42. The summed E-state index contributed by atoms with van der Waals surface area (Å²) in [4.78, 5) is 10.8. The third-order valence-electron chi connectivity index (χ3n) is 1.48. The van der Waals surface area contributed by atoms with Crippen molar-refractivity contribution in [2.24, 2.45) is 0 Å². The van der Waals surface area contributed by atoms with E-state index in [9.17, 15) is 9.18 Å². The highest BCUT2D eigenvalue weighted by Gasteiger charge is 2.16. The molecule has 0 fully saturated rings. The largest absolute Gasteiger partial charge is 0.508 e. The van der Waals surface area contributed by atoms with Crippen LogP contribution in [0.25, 0.3) is 0 Å². The van der Waals surface area contributed by atoms with Gasteiger partial charge in [-0.05, 0) is 0 Å². The molecule has 1 rings (SSSR count). The number of rotatable bonds is 2. The van der Waals surface area contributed by atoms with Gasteiger partial charge in [-0.15, -0.1) is 0 Å². The van der Waals surface area contributed by atoms with Crippen LogP contribution in [0.15, 0.2) is 12.1 Å². The molecule has 0 atom stereocenters. The topological polar surface area (TPSA) is 77.8 Å². The number of carbonyl (C=O) groups excluding carboxylic acids is 1. The van der Waals surface area contributed by atoms with Crippen LogP contribution in [-0.2, 0) is 0 Å². The normalized spacial score (nSPS) is 9.92. The summed E-state index contributed by atoms with van der Waals surface area (Å²) in [5.74, 6) is -2.71. The first-order valence-electron chi connectivity index (χ1n) is 3.40. The Kier molecular flexibility index (Phi) is 2.36. The Balaban J connectivity index is 3.28. The molecular weight excluding hydrogens is 179 g/mol. The summed E-state index contributed by atoms with van der Waals surface area (Å²) in [7, 11) is 0. The molecule has 0 aliphatic heterocycles. The predicted octanol–water partition coefficient (Wildman–Crippen LogP) is 0.956. The summed E-state index contributed by atoms with van der Waals surface area (Å²) in [5.41, 5.74) is -0.514. The number of aromatic hydroxyl groups is 3. The van der Waals surface area contributed by atoms with E-state index in [1.807, 2.05) is 0 Å². The second kappa shape index (κ2) is 3.30. The fourth-order valence-corrected chi connectivity index (χ4v) is 0.950. The van der Waals surface area contributed by atoms with E-state index >= 15 is 0 Å². The first-order chi connectivity index (χ1) is 6.06. The van der Waals surface area contributed by atoms with Crippen LogP contribution < -0.4 is 0 Å². The van der Waals surface area contributed by atoms with Gasteiger partial charge in [0.05, 0.1) is 0 Å². The average Bonchev–Trinajstić information content (AvgIpc) is 2.02. The fraction of sp³-hybridized carbons (Fsp3) is 0.125. The third kappa shape index (κ3) is 1.69. The van der Waals surface area contributed by atoms with Crippen molar-refractivity contribution in [3.8, 4) is 17.2 Å². The van der Waals surface area contributed by atoms with Gasteiger partial charge in [0, 0.05) is 12.1 Å². The minimum atomic E-state index is -1.31. The minimum Gasteiger partial charge on any atom is -0.508 e. The molecule has 70 valence electrons. The maximum atomic E-state index is 11.9. The molecule has 0 aliphatic rings. The second-order valence-electron chi connectivity index (χ2n) is 2.42. The lowest BCUT2D eigenvalue weighted by Crippen LogP contribution is -2.01. The van der Waals surface area contributed by atoms with E-state index in [-0.39, 0.29) is 0 Å². The lowest BCUT2D eigenvalue weighted by molar-refractivity contribution is 0.0953. The standard InChI is InChI=1S/C8H7FO4/c9-3-7(13)8-5(11)1-4(10)2-6(8)12/h1-2,10-12H,3H2. The number of phenols is 3. The molecule has 0 bridgehead atoms. The lowest BCUT2D eigenvalue weighted by Gasteiger charge is -2.04. The summed E-state index contributed by atoms with van der Waals surface area (Å²) < 4.78 is 11.9. The Labute approximate surface area is 72.9 Å². The highest BCUT2D eigenvalue weighted by Crippen LogP contribution is 2.32. The fourth-order valence-electron chi connectivity index (χ4n) is 0.950. The Morgan fingerprint density at radius 3 is 2.08 bits per heavy atom.